The number of hydrogen-bond donors (Lipinski definition) is 1. The van der Waals surface area contributed by atoms with E-state index in [9.17, 15) is 9.90 Å². The normalized spacial score (nSPS) is 11.5. The molecule has 0 aliphatic heterocycles. The Balaban J connectivity index is 2.64. The third-order valence-corrected chi connectivity index (χ3v) is 2.76. The van der Waals surface area contributed by atoms with Crippen molar-refractivity contribution >= 4 is 17.2 Å². The van der Waals surface area contributed by atoms with Gasteiger partial charge in [-0.15, -0.1) is 11.3 Å². The molecule has 1 aromatic heterocycles. The van der Waals surface area contributed by atoms with Gasteiger partial charge in [0.05, 0.1) is 17.2 Å². The lowest BCUT2D eigenvalue weighted by Crippen LogP contribution is -2.42. The number of hydrogen-bond acceptors (Lipinski definition) is 4. The largest absolute Gasteiger partial charge is 0.381 e. The number of aryl methyl sites for hydroxylation is 1. The number of amides is 1. The Bertz CT molecular complexity index is 355. The maximum atomic E-state index is 11.6. The summed E-state index contributed by atoms with van der Waals surface area (Å²) in [6.07, 6.45) is 0. The van der Waals surface area contributed by atoms with Gasteiger partial charge in [0.15, 0.2) is 0 Å². The number of rotatable bonds is 3. The van der Waals surface area contributed by atoms with Gasteiger partial charge in [0.25, 0.3) is 5.91 Å². The van der Waals surface area contributed by atoms with Gasteiger partial charge in [0, 0.05) is 12.4 Å². The number of aliphatic hydroxyl groups is 1. The molecule has 4 nitrogen and oxygen atoms in total. The van der Waals surface area contributed by atoms with E-state index in [-0.39, 0.29) is 5.91 Å². The first kappa shape index (κ1) is 12.1. The minimum atomic E-state index is -1.32. The van der Waals surface area contributed by atoms with Crippen molar-refractivity contribution in [3.63, 3.8) is 0 Å². The molecule has 0 radical (unpaired) electrons. The van der Waals surface area contributed by atoms with Crippen LogP contribution in [0.1, 0.15) is 24.5 Å². The van der Waals surface area contributed by atoms with Gasteiger partial charge >= 0.3 is 0 Å². The molecule has 1 heterocycles. The number of aromatic nitrogens is 1. The molecule has 84 valence electrons. The maximum Gasteiger partial charge on any atom is 0.254 e. The summed E-state index contributed by atoms with van der Waals surface area (Å²) in [5.41, 5.74) is -0.461. The molecular weight excluding hydrogens is 212 g/mol. The summed E-state index contributed by atoms with van der Waals surface area (Å²) < 4.78 is 0. The van der Waals surface area contributed by atoms with E-state index in [1.807, 2.05) is 12.3 Å². The molecule has 1 aromatic rings. The SMILES string of the molecule is Cc1nc(CN(C)C(=O)C(C)(C)O)cs1. The van der Waals surface area contributed by atoms with Crippen LogP contribution in [-0.2, 0) is 11.3 Å². The van der Waals surface area contributed by atoms with Crippen LogP contribution in [0.5, 0.6) is 0 Å². The Morgan fingerprint density at radius 2 is 2.27 bits per heavy atom. The van der Waals surface area contributed by atoms with Crippen molar-refractivity contribution in [1.29, 1.82) is 0 Å². The Hall–Kier alpha value is -0.940. The molecule has 0 bridgehead atoms. The third kappa shape index (κ3) is 3.28. The highest BCUT2D eigenvalue weighted by Gasteiger charge is 2.27. The number of nitrogens with zero attached hydrogens (tertiary/aromatic N) is 2. The standard InChI is InChI=1S/C10H16N2O2S/c1-7-11-8(6-15-7)5-12(4)9(13)10(2,3)14/h6,14H,5H2,1-4H3. The summed E-state index contributed by atoms with van der Waals surface area (Å²) in [7, 11) is 1.66. The van der Waals surface area contributed by atoms with Gasteiger partial charge in [0.1, 0.15) is 5.60 Å². The van der Waals surface area contributed by atoms with E-state index in [0.29, 0.717) is 6.54 Å². The van der Waals surface area contributed by atoms with Crippen molar-refractivity contribution in [3.8, 4) is 0 Å². The molecule has 1 amide bonds. The summed E-state index contributed by atoms with van der Waals surface area (Å²) in [4.78, 5) is 17.4. The van der Waals surface area contributed by atoms with E-state index in [1.54, 1.807) is 18.4 Å². The van der Waals surface area contributed by atoms with Crippen LogP contribution in [0.15, 0.2) is 5.38 Å². The Kier molecular flexibility index (Phi) is 3.46. The van der Waals surface area contributed by atoms with Crippen molar-refractivity contribution in [2.45, 2.75) is 32.9 Å². The molecule has 0 aromatic carbocycles. The fourth-order valence-electron chi connectivity index (χ4n) is 1.26. The van der Waals surface area contributed by atoms with E-state index in [0.717, 1.165) is 10.7 Å². The van der Waals surface area contributed by atoms with E-state index in [4.69, 9.17) is 0 Å². The molecule has 0 saturated carbocycles. The summed E-state index contributed by atoms with van der Waals surface area (Å²) >= 11 is 1.55. The zero-order chi connectivity index (χ0) is 11.6. The van der Waals surface area contributed by atoms with Crippen LogP contribution in [0.25, 0.3) is 0 Å². The highest BCUT2D eigenvalue weighted by atomic mass is 32.1. The fraction of sp³-hybridized carbons (Fsp3) is 0.600. The van der Waals surface area contributed by atoms with E-state index in [1.165, 1.54) is 18.7 Å². The molecular formula is C10H16N2O2S. The molecule has 1 N–H and O–H groups in total. The van der Waals surface area contributed by atoms with Gasteiger partial charge in [0.2, 0.25) is 0 Å². The number of carbonyl (C=O) groups is 1. The Morgan fingerprint density at radius 3 is 2.67 bits per heavy atom. The van der Waals surface area contributed by atoms with Crippen molar-refractivity contribution in [2.75, 3.05) is 7.05 Å². The number of thiazole rings is 1. The highest BCUT2D eigenvalue weighted by Crippen LogP contribution is 2.12. The summed E-state index contributed by atoms with van der Waals surface area (Å²) in [5, 5.41) is 12.4. The summed E-state index contributed by atoms with van der Waals surface area (Å²) in [6, 6.07) is 0. The Labute approximate surface area is 93.6 Å². The predicted octanol–water partition coefficient (Wildman–Crippen LogP) is 1.18. The molecule has 0 unspecified atom stereocenters. The van der Waals surface area contributed by atoms with Crippen LogP contribution in [-0.4, -0.2) is 33.5 Å². The maximum absolute atomic E-state index is 11.6. The second kappa shape index (κ2) is 4.28. The monoisotopic (exact) mass is 228 g/mol. The number of carbonyl (C=O) groups excluding carboxylic acids is 1. The van der Waals surface area contributed by atoms with Crippen molar-refractivity contribution in [2.24, 2.45) is 0 Å². The quantitative estimate of drug-likeness (QED) is 0.845. The summed E-state index contributed by atoms with van der Waals surface area (Å²) in [6.45, 7) is 5.33. The van der Waals surface area contributed by atoms with Crippen LogP contribution >= 0.6 is 11.3 Å². The van der Waals surface area contributed by atoms with Crippen LogP contribution in [0.3, 0.4) is 0 Å². The second-order valence-electron chi connectivity index (χ2n) is 4.08. The molecule has 0 spiro atoms. The smallest absolute Gasteiger partial charge is 0.254 e. The van der Waals surface area contributed by atoms with Gasteiger partial charge in [-0.05, 0) is 20.8 Å². The highest BCUT2D eigenvalue weighted by molar-refractivity contribution is 7.09. The molecule has 0 atom stereocenters. The first-order chi connectivity index (χ1) is 6.80. The van der Waals surface area contributed by atoms with Crippen LogP contribution in [0.4, 0.5) is 0 Å². The first-order valence-corrected chi connectivity index (χ1v) is 5.57. The molecule has 0 saturated heterocycles. The van der Waals surface area contributed by atoms with Crippen molar-refractivity contribution < 1.29 is 9.90 Å². The molecule has 0 aliphatic carbocycles. The number of likely N-dealkylation sites (N-methyl/N-ethyl adjacent to an activating group) is 1. The lowest BCUT2D eigenvalue weighted by atomic mass is 10.1. The van der Waals surface area contributed by atoms with Crippen molar-refractivity contribution in [1.82, 2.24) is 9.88 Å². The zero-order valence-corrected chi connectivity index (χ0v) is 10.3. The second-order valence-corrected chi connectivity index (χ2v) is 5.14. The summed E-state index contributed by atoms with van der Waals surface area (Å²) in [5.74, 6) is -0.298. The third-order valence-electron chi connectivity index (χ3n) is 1.94. The van der Waals surface area contributed by atoms with Gasteiger partial charge in [-0.3, -0.25) is 4.79 Å². The van der Waals surface area contributed by atoms with E-state index >= 15 is 0 Å². The van der Waals surface area contributed by atoms with Crippen molar-refractivity contribution in [3.05, 3.63) is 16.1 Å². The van der Waals surface area contributed by atoms with E-state index < -0.39 is 5.60 Å². The van der Waals surface area contributed by atoms with Gasteiger partial charge < -0.3 is 10.0 Å². The van der Waals surface area contributed by atoms with Gasteiger partial charge in [-0.1, -0.05) is 0 Å². The molecule has 5 heteroatoms. The molecule has 15 heavy (non-hydrogen) atoms. The van der Waals surface area contributed by atoms with Gasteiger partial charge in [-0.2, -0.15) is 0 Å². The molecule has 1 rings (SSSR count). The Morgan fingerprint density at radius 1 is 1.67 bits per heavy atom. The molecule has 0 aliphatic rings. The average molecular weight is 228 g/mol. The fourth-order valence-corrected chi connectivity index (χ4v) is 1.87. The van der Waals surface area contributed by atoms with E-state index in [2.05, 4.69) is 4.98 Å². The predicted molar refractivity (Wildman–Crippen MR) is 59.6 cm³/mol. The van der Waals surface area contributed by atoms with Crippen LogP contribution in [0, 0.1) is 6.92 Å². The van der Waals surface area contributed by atoms with Crippen LogP contribution in [0.2, 0.25) is 0 Å². The minimum Gasteiger partial charge on any atom is -0.381 e. The first-order valence-electron chi connectivity index (χ1n) is 4.69. The lowest BCUT2D eigenvalue weighted by Gasteiger charge is -2.24. The average Bonchev–Trinajstić information content (AvgIpc) is 2.48. The van der Waals surface area contributed by atoms with Crippen LogP contribution < -0.4 is 0 Å². The van der Waals surface area contributed by atoms with Gasteiger partial charge in [-0.25, -0.2) is 4.98 Å². The minimum absolute atomic E-state index is 0.298. The lowest BCUT2D eigenvalue weighted by molar-refractivity contribution is -0.147. The molecule has 0 fully saturated rings. The zero-order valence-electron chi connectivity index (χ0n) is 9.44. The topological polar surface area (TPSA) is 53.4 Å².